The second-order valence-electron chi connectivity index (χ2n) is 7.45. The fourth-order valence-corrected chi connectivity index (χ4v) is 3.81. The van der Waals surface area contributed by atoms with Gasteiger partial charge in [0.1, 0.15) is 11.5 Å². The monoisotopic (exact) mass is 393 g/mol. The largest absolute Gasteiger partial charge is 0.507 e. The number of aliphatic imine (C=N–C) groups is 2. The van der Waals surface area contributed by atoms with Crippen LogP contribution in [0.4, 0.5) is 5.69 Å². The van der Waals surface area contributed by atoms with Crippen molar-refractivity contribution in [1.82, 2.24) is 0 Å². The average Bonchev–Trinajstić information content (AvgIpc) is 2.74. The molecule has 5 heteroatoms. The summed E-state index contributed by atoms with van der Waals surface area (Å²) in [5, 5.41) is 20.4. The van der Waals surface area contributed by atoms with Crippen molar-refractivity contribution in [3.8, 4) is 11.5 Å². The molecule has 0 unspecified atom stereocenters. The maximum atomic E-state index is 10.4. The third kappa shape index (κ3) is 5.37. The summed E-state index contributed by atoms with van der Waals surface area (Å²) in [4.78, 5) is 11.7. The van der Waals surface area contributed by atoms with Gasteiger partial charge in [0, 0.05) is 48.4 Å². The molecule has 1 aliphatic rings. The normalized spacial score (nSPS) is 19.8. The van der Waals surface area contributed by atoms with E-state index in [9.17, 15) is 10.2 Å². The van der Waals surface area contributed by atoms with Crippen LogP contribution in [0.3, 0.4) is 0 Å². The molecule has 29 heavy (non-hydrogen) atoms. The van der Waals surface area contributed by atoms with E-state index in [-0.39, 0.29) is 23.6 Å². The maximum Gasteiger partial charge on any atom is 0.126 e. The van der Waals surface area contributed by atoms with Crippen molar-refractivity contribution in [3.05, 3.63) is 53.6 Å². The van der Waals surface area contributed by atoms with E-state index in [4.69, 9.17) is 9.98 Å². The van der Waals surface area contributed by atoms with Crippen molar-refractivity contribution in [3.63, 3.8) is 0 Å². The molecule has 0 aliphatic heterocycles. The van der Waals surface area contributed by atoms with Crippen LogP contribution in [0.2, 0.25) is 0 Å². The first-order valence-corrected chi connectivity index (χ1v) is 10.5. The quantitative estimate of drug-likeness (QED) is 0.664. The van der Waals surface area contributed by atoms with E-state index >= 15 is 0 Å². The van der Waals surface area contributed by atoms with Crippen LogP contribution in [0.5, 0.6) is 11.5 Å². The molecule has 1 aliphatic carbocycles. The standard InChI is InChI=1S/C24H31N3O2/c1-3-27(4-2)20-14-13-19(24(29)15-20)17-26-22-11-7-6-10-21(22)25-16-18-9-5-8-12-23(18)28/h5,8-9,12-17,21-22,28-29H,3-4,6-7,10-11H2,1-2H3/t21-,22-/m0/s1. The molecule has 154 valence electrons. The van der Waals surface area contributed by atoms with Crippen molar-refractivity contribution in [1.29, 1.82) is 0 Å². The van der Waals surface area contributed by atoms with Crippen molar-refractivity contribution >= 4 is 18.1 Å². The Morgan fingerprint density at radius 2 is 1.45 bits per heavy atom. The second-order valence-corrected chi connectivity index (χ2v) is 7.45. The van der Waals surface area contributed by atoms with Gasteiger partial charge in [0.05, 0.1) is 12.1 Å². The van der Waals surface area contributed by atoms with E-state index in [0.717, 1.165) is 55.6 Å². The Labute approximate surface area is 173 Å². The van der Waals surface area contributed by atoms with Crippen LogP contribution < -0.4 is 4.90 Å². The highest BCUT2D eigenvalue weighted by Crippen LogP contribution is 2.27. The van der Waals surface area contributed by atoms with Gasteiger partial charge in [0.15, 0.2) is 0 Å². The van der Waals surface area contributed by atoms with Gasteiger partial charge in [-0.1, -0.05) is 25.0 Å². The number of hydrogen-bond donors (Lipinski definition) is 2. The molecule has 1 fully saturated rings. The molecule has 0 heterocycles. The zero-order valence-corrected chi connectivity index (χ0v) is 17.3. The van der Waals surface area contributed by atoms with Crippen molar-refractivity contribution in [2.24, 2.45) is 9.98 Å². The Bertz CT molecular complexity index is 859. The summed E-state index contributed by atoms with van der Waals surface area (Å²) in [6.07, 6.45) is 7.77. The number of rotatable bonds is 7. The van der Waals surface area contributed by atoms with Gasteiger partial charge in [0.2, 0.25) is 0 Å². The highest BCUT2D eigenvalue weighted by molar-refractivity contribution is 5.85. The van der Waals surface area contributed by atoms with Crippen LogP contribution in [0.25, 0.3) is 0 Å². The molecule has 2 aromatic rings. The van der Waals surface area contributed by atoms with Crippen molar-refractivity contribution in [2.45, 2.75) is 51.6 Å². The lowest BCUT2D eigenvalue weighted by Gasteiger charge is -2.25. The van der Waals surface area contributed by atoms with E-state index in [2.05, 4.69) is 18.7 Å². The van der Waals surface area contributed by atoms with Crippen molar-refractivity contribution in [2.75, 3.05) is 18.0 Å². The van der Waals surface area contributed by atoms with Gasteiger partial charge in [0.25, 0.3) is 0 Å². The number of phenols is 2. The fraction of sp³-hybridized carbons (Fsp3) is 0.417. The van der Waals surface area contributed by atoms with E-state index in [0.29, 0.717) is 0 Å². The predicted octanol–water partition coefficient (Wildman–Crippen LogP) is 4.79. The average molecular weight is 394 g/mol. The topological polar surface area (TPSA) is 68.4 Å². The highest BCUT2D eigenvalue weighted by Gasteiger charge is 2.23. The molecular formula is C24H31N3O2. The predicted molar refractivity (Wildman–Crippen MR) is 121 cm³/mol. The number of hydrogen-bond acceptors (Lipinski definition) is 5. The van der Waals surface area contributed by atoms with Crippen LogP contribution in [-0.2, 0) is 0 Å². The van der Waals surface area contributed by atoms with Gasteiger partial charge in [-0.2, -0.15) is 0 Å². The molecule has 1 saturated carbocycles. The lowest BCUT2D eigenvalue weighted by molar-refractivity contribution is 0.390. The number of phenolic OH excluding ortho intramolecular Hbond substituents is 2. The minimum absolute atomic E-state index is 0.0905. The third-order valence-corrected chi connectivity index (χ3v) is 5.58. The van der Waals surface area contributed by atoms with E-state index in [1.54, 1.807) is 24.6 Å². The summed E-state index contributed by atoms with van der Waals surface area (Å²) in [5.41, 5.74) is 2.48. The Hall–Kier alpha value is -2.82. The molecule has 0 saturated heterocycles. The first-order valence-electron chi connectivity index (χ1n) is 10.5. The summed E-state index contributed by atoms with van der Waals surface area (Å²) in [5.74, 6) is 0.494. The fourth-order valence-electron chi connectivity index (χ4n) is 3.81. The summed E-state index contributed by atoms with van der Waals surface area (Å²) in [6.45, 7) is 6.02. The van der Waals surface area contributed by atoms with Gasteiger partial charge in [-0.25, -0.2) is 0 Å². The zero-order valence-electron chi connectivity index (χ0n) is 17.3. The highest BCUT2D eigenvalue weighted by atomic mass is 16.3. The second kappa shape index (κ2) is 10.1. The smallest absolute Gasteiger partial charge is 0.126 e. The first-order chi connectivity index (χ1) is 14.1. The Morgan fingerprint density at radius 3 is 2.00 bits per heavy atom. The molecule has 2 N–H and O–H groups in total. The van der Waals surface area contributed by atoms with Crippen LogP contribution in [0.15, 0.2) is 52.4 Å². The van der Waals surface area contributed by atoms with Gasteiger partial charge in [-0.15, -0.1) is 0 Å². The molecular weight excluding hydrogens is 362 g/mol. The number of anilines is 1. The van der Waals surface area contributed by atoms with Crippen LogP contribution in [0.1, 0.15) is 50.7 Å². The SMILES string of the molecule is CCN(CC)c1ccc(C=N[C@H]2CCCC[C@@H]2N=Cc2ccccc2O)c(O)c1. The molecule has 0 bridgehead atoms. The van der Waals surface area contributed by atoms with Gasteiger partial charge < -0.3 is 15.1 Å². The van der Waals surface area contributed by atoms with Gasteiger partial charge in [-0.05, 0) is 51.0 Å². The summed E-state index contributed by atoms with van der Waals surface area (Å²) in [6, 6.07) is 13.2. The van der Waals surface area contributed by atoms with E-state index in [1.807, 2.05) is 30.3 Å². The Kier molecular flexibility index (Phi) is 7.28. The maximum absolute atomic E-state index is 10.4. The number of para-hydroxylation sites is 1. The summed E-state index contributed by atoms with van der Waals surface area (Å²) < 4.78 is 0. The first kappa shape index (κ1) is 20.9. The molecule has 2 atom stereocenters. The van der Waals surface area contributed by atoms with Gasteiger partial charge in [-0.3, -0.25) is 9.98 Å². The lowest BCUT2D eigenvalue weighted by Crippen LogP contribution is -2.27. The summed E-state index contributed by atoms with van der Waals surface area (Å²) >= 11 is 0. The van der Waals surface area contributed by atoms with Crippen LogP contribution >= 0.6 is 0 Å². The van der Waals surface area contributed by atoms with E-state index in [1.165, 1.54) is 0 Å². The molecule has 0 radical (unpaired) electrons. The molecule has 2 aromatic carbocycles. The minimum atomic E-state index is 0.0905. The summed E-state index contributed by atoms with van der Waals surface area (Å²) in [7, 11) is 0. The molecule has 0 amide bonds. The van der Waals surface area contributed by atoms with E-state index < -0.39 is 0 Å². The molecule has 0 aromatic heterocycles. The number of nitrogens with zero attached hydrogens (tertiary/aromatic N) is 3. The molecule has 5 nitrogen and oxygen atoms in total. The molecule has 0 spiro atoms. The van der Waals surface area contributed by atoms with Crippen LogP contribution in [-0.4, -0.2) is 47.8 Å². The van der Waals surface area contributed by atoms with Crippen molar-refractivity contribution < 1.29 is 10.2 Å². The number of aromatic hydroxyl groups is 2. The number of benzene rings is 2. The van der Waals surface area contributed by atoms with Gasteiger partial charge >= 0.3 is 0 Å². The Morgan fingerprint density at radius 1 is 0.862 bits per heavy atom. The molecule has 3 rings (SSSR count). The Balaban J connectivity index is 1.73. The zero-order chi connectivity index (χ0) is 20.6. The van der Waals surface area contributed by atoms with Crippen LogP contribution in [0, 0.1) is 0 Å². The lowest BCUT2D eigenvalue weighted by atomic mass is 9.91. The third-order valence-electron chi connectivity index (χ3n) is 5.58. The minimum Gasteiger partial charge on any atom is -0.507 e.